The number of nitrogens with one attached hydrogen (secondary N) is 1. The van der Waals surface area contributed by atoms with Gasteiger partial charge in [-0.1, -0.05) is 12.2 Å². The third-order valence-electron chi connectivity index (χ3n) is 2.80. The van der Waals surface area contributed by atoms with Gasteiger partial charge in [-0.05, 0) is 6.92 Å². The van der Waals surface area contributed by atoms with Gasteiger partial charge in [-0.2, -0.15) is 0 Å². The molecule has 2 heterocycles. The smallest absolute Gasteiger partial charge is 0.328 e. The number of hydrogen-bond acceptors (Lipinski definition) is 4. The van der Waals surface area contributed by atoms with Crippen molar-refractivity contribution < 1.29 is 14.2 Å². The number of ether oxygens (including phenoxy) is 1. The zero-order valence-corrected chi connectivity index (χ0v) is 10.0. The Kier molecular flexibility index (Phi) is 3.41. The molecule has 0 aliphatic carbocycles. The number of aliphatic hydroxyl groups is 1. The number of aryl methyl sites for hydroxylation is 1. The monoisotopic (exact) mass is 260 g/mol. The van der Waals surface area contributed by atoms with Gasteiger partial charge in [-0.25, -0.2) is 9.18 Å². The fraction of sp³-hybridized carbons (Fsp3) is 0.600. The quantitative estimate of drug-likeness (QED) is 0.773. The van der Waals surface area contributed by atoms with Gasteiger partial charge in [0.2, 0.25) is 0 Å². The van der Waals surface area contributed by atoms with Gasteiger partial charge < -0.3 is 9.84 Å². The number of aliphatic hydroxyl groups excluding tert-OH is 1. The molecule has 0 radical (unpaired) electrons. The van der Waals surface area contributed by atoms with Crippen molar-refractivity contribution >= 4 is 12.2 Å². The Balaban J connectivity index is 2.34. The SMILES string of the molecule is Cc1cn(C2CC(F)C(CO)O2)c(=O)[nH]c1=S. The Morgan fingerprint density at radius 2 is 2.47 bits per heavy atom. The van der Waals surface area contributed by atoms with Crippen LogP contribution in [-0.2, 0) is 4.74 Å². The first kappa shape index (κ1) is 12.4. The van der Waals surface area contributed by atoms with Gasteiger partial charge in [-0.15, -0.1) is 0 Å². The van der Waals surface area contributed by atoms with Crippen LogP contribution in [0.2, 0.25) is 0 Å². The van der Waals surface area contributed by atoms with E-state index in [-0.39, 0.29) is 6.42 Å². The summed E-state index contributed by atoms with van der Waals surface area (Å²) in [6.07, 6.45) is -1.23. The minimum absolute atomic E-state index is 0.0508. The Labute approximate surface area is 102 Å². The van der Waals surface area contributed by atoms with Gasteiger partial charge in [0, 0.05) is 18.2 Å². The Morgan fingerprint density at radius 3 is 3.06 bits per heavy atom. The average Bonchev–Trinajstić information content (AvgIpc) is 2.65. The van der Waals surface area contributed by atoms with Crippen molar-refractivity contribution in [2.45, 2.75) is 31.8 Å². The summed E-state index contributed by atoms with van der Waals surface area (Å²) in [6, 6.07) is 0. The lowest BCUT2D eigenvalue weighted by molar-refractivity contribution is -0.0356. The van der Waals surface area contributed by atoms with Crippen molar-refractivity contribution in [2.24, 2.45) is 0 Å². The van der Waals surface area contributed by atoms with Gasteiger partial charge >= 0.3 is 5.69 Å². The number of rotatable bonds is 2. The molecular formula is C10H13FN2O3S. The molecule has 7 heteroatoms. The van der Waals surface area contributed by atoms with E-state index in [1.165, 1.54) is 10.8 Å². The minimum Gasteiger partial charge on any atom is -0.394 e. The number of H-pyrrole nitrogens is 1. The lowest BCUT2D eigenvalue weighted by Crippen LogP contribution is -2.28. The van der Waals surface area contributed by atoms with Crippen LogP contribution in [-0.4, -0.2) is 33.5 Å². The molecule has 1 aromatic heterocycles. The third kappa shape index (κ3) is 2.31. The first-order chi connectivity index (χ1) is 8.02. The highest BCUT2D eigenvalue weighted by Crippen LogP contribution is 2.29. The second-order valence-electron chi connectivity index (χ2n) is 4.04. The molecule has 1 aromatic rings. The highest BCUT2D eigenvalue weighted by Gasteiger charge is 2.36. The van der Waals surface area contributed by atoms with Gasteiger partial charge in [0.1, 0.15) is 23.1 Å². The van der Waals surface area contributed by atoms with Gasteiger partial charge in [0.05, 0.1) is 6.61 Å². The zero-order valence-electron chi connectivity index (χ0n) is 9.22. The van der Waals surface area contributed by atoms with E-state index in [4.69, 9.17) is 22.1 Å². The van der Waals surface area contributed by atoms with E-state index in [0.717, 1.165) is 0 Å². The van der Waals surface area contributed by atoms with Crippen LogP contribution in [0.5, 0.6) is 0 Å². The molecule has 3 unspecified atom stereocenters. The van der Waals surface area contributed by atoms with E-state index >= 15 is 0 Å². The van der Waals surface area contributed by atoms with Crippen molar-refractivity contribution in [1.82, 2.24) is 9.55 Å². The molecule has 2 rings (SSSR count). The van der Waals surface area contributed by atoms with E-state index in [1.54, 1.807) is 6.92 Å². The first-order valence-electron chi connectivity index (χ1n) is 5.25. The zero-order chi connectivity index (χ0) is 12.6. The Morgan fingerprint density at radius 1 is 1.76 bits per heavy atom. The molecule has 5 nitrogen and oxygen atoms in total. The predicted molar refractivity (Wildman–Crippen MR) is 61.1 cm³/mol. The standard InChI is InChI=1S/C10H13FN2O3S/c1-5-3-13(10(15)12-9(5)17)8-2-6(11)7(4-14)16-8/h3,6-8,14H,2,4H2,1H3,(H,12,15,17). The van der Waals surface area contributed by atoms with Crippen LogP contribution in [0.3, 0.4) is 0 Å². The van der Waals surface area contributed by atoms with E-state index in [9.17, 15) is 9.18 Å². The molecule has 0 bridgehead atoms. The van der Waals surface area contributed by atoms with Crippen molar-refractivity contribution in [2.75, 3.05) is 6.61 Å². The third-order valence-corrected chi connectivity index (χ3v) is 3.22. The molecule has 1 saturated heterocycles. The molecule has 0 amide bonds. The Bertz CT molecular complexity index is 527. The van der Waals surface area contributed by atoms with Gasteiger partial charge in [0.25, 0.3) is 0 Å². The van der Waals surface area contributed by atoms with Crippen LogP contribution in [0, 0.1) is 11.6 Å². The highest BCUT2D eigenvalue weighted by atomic mass is 32.1. The van der Waals surface area contributed by atoms with E-state index < -0.39 is 30.8 Å². The molecule has 0 saturated carbocycles. The van der Waals surface area contributed by atoms with Crippen molar-refractivity contribution in [1.29, 1.82) is 0 Å². The molecular weight excluding hydrogens is 247 g/mol. The largest absolute Gasteiger partial charge is 0.394 e. The number of aromatic amines is 1. The molecule has 1 fully saturated rings. The summed E-state index contributed by atoms with van der Waals surface area (Å²) in [5, 5.41) is 8.89. The lowest BCUT2D eigenvalue weighted by atomic mass is 10.2. The van der Waals surface area contributed by atoms with E-state index in [1.807, 2.05) is 0 Å². The molecule has 0 spiro atoms. The number of halogens is 1. The Hall–Kier alpha value is -1.05. The maximum atomic E-state index is 13.4. The summed E-state index contributed by atoms with van der Waals surface area (Å²) in [4.78, 5) is 14.1. The highest BCUT2D eigenvalue weighted by molar-refractivity contribution is 7.71. The van der Waals surface area contributed by atoms with E-state index in [2.05, 4.69) is 4.98 Å². The molecule has 94 valence electrons. The molecule has 17 heavy (non-hydrogen) atoms. The number of hydrogen-bond donors (Lipinski definition) is 2. The summed E-state index contributed by atoms with van der Waals surface area (Å²) in [6.45, 7) is 1.36. The number of aromatic nitrogens is 2. The van der Waals surface area contributed by atoms with Gasteiger partial charge in [-0.3, -0.25) is 9.55 Å². The maximum absolute atomic E-state index is 13.4. The second-order valence-corrected chi connectivity index (χ2v) is 4.45. The predicted octanol–water partition coefficient (Wildman–Crippen LogP) is 0.832. The minimum atomic E-state index is -1.26. The summed E-state index contributed by atoms with van der Waals surface area (Å²) in [5.74, 6) is 0. The fourth-order valence-electron chi connectivity index (χ4n) is 1.82. The fourth-order valence-corrected chi connectivity index (χ4v) is 1.96. The summed E-state index contributed by atoms with van der Waals surface area (Å²) in [7, 11) is 0. The van der Waals surface area contributed by atoms with E-state index in [0.29, 0.717) is 10.2 Å². The average molecular weight is 260 g/mol. The molecule has 1 aliphatic rings. The summed E-state index contributed by atoms with van der Waals surface area (Å²) in [5.41, 5.74) is 0.280. The van der Waals surface area contributed by atoms with Crippen LogP contribution >= 0.6 is 12.2 Å². The molecule has 3 atom stereocenters. The van der Waals surface area contributed by atoms with Crippen LogP contribution in [0.25, 0.3) is 0 Å². The van der Waals surface area contributed by atoms with Crippen LogP contribution < -0.4 is 5.69 Å². The van der Waals surface area contributed by atoms with Crippen LogP contribution in [0.1, 0.15) is 18.2 Å². The first-order valence-corrected chi connectivity index (χ1v) is 5.66. The topological polar surface area (TPSA) is 67.2 Å². The molecule has 0 aromatic carbocycles. The normalized spacial score (nSPS) is 28.5. The van der Waals surface area contributed by atoms with Crippen LogP contribution in [0.15, 0.2) is 11.0 Å². The number of alkyl halides is 1. The molecule has 1 aliphatic heterocycles. The number of nitrogens with zero attached hydrogens (tertiary/aromatic N) is 1. The van der Waals surface area contributed by atoms with Crippen molar-refractivity contribution in [3.8, 4) is 0 Å². The summed E-state index contributed by atoms with van der Waals surface area (Å²) >= 11 is 4.92. The second kappa shape index (κ2) is 4.67. The maximum Gasteiger partial charge on any atom is 0.328 e. The van der Waals surface area contributed by atoms with Crippen molar-refractivity contribution in [3.63, 3.8) is 0 Å². The summed E-state index contributed by atoms with van der Waals surface area (Å²) < 4.78 is 20.3. The van der Waals surface area contributed by atoms with Crippen LogP contribution in [0.4, 0.5) is 4.39 Å². The lowest BCUT2D eigenvalue weighted by Gasteiger charge is -2.14. The molecule has 2 N–H and O–H groups in total. The van der Waals surface area contributed by atoms with Crippen molar-refractivity contribution in [3.05, 3.63) is 26.9 Å². The van der Waals surface area contributed by atoms with Gasteiger partial charge in [0.15, 0.2) is 0 Å².